The Kier molecular flexibility index (Phi) is 33.3. The number of aliphatic hydroxyl groups is 2. The van der Waals surface area contributed by atoms with Crippen molar-refractivity contribution in [1.82, 2.24) is 35.9 Å². The van der Waals surface area contributed by atoms with Crippen molar-refractivity contribution in [1.29, 1.82) is 0 Å². The summed E-state index contributed by atoms with van der Waals surface area (Å²) in [7, 11) is 0. The summed E-state index contributed by atoms with van der Waals surface area (Å²) < 4.78 is 55.6. The summed E-state index contributed by atoms with van der Waals surface area (Å²) in [6, 6.07) is 2.65. The van der Waals surface area contributed by atoms with Gasteiger partial charge in [0.25, 0.3) is 0 Å². The van der Waals surface area contributed by atoms with Crippen molar-refractivity contribution >= 4 is 41.1 Å². The number of ether oxygens (including phenoxy) is 1. The van der Waals surface area contributed by atoms with Gasteiger partial charge in [-0.15, -0.1) is 0 Å². The van der Waals surface area contributed by atoms with Gasteiger partial charge in [-0.05, 0) is 6.07 Å². The number of halogens is 7. The first-order valence-electron chi connectivity index (χ1n) is 16.3. The number of carbonyl (C=O) groups excluding carboxylic acids is 1. The van der Waals surface area contributed by atoms with E-state index in [-0.39, 0.29) is 70.6 Å². The number of hydrogen-bond acceptors (Lipinski definition) is 12. The molecule has 0 spiro atoms. The van der Waals surface area contributed by atoms with Crippen LogP contribution in [0.2, 0.25) is 15.1 Å². The fourth-order valence-electron chi connectivity index (χ4n) is 3.63. The van der Waals surface area contributed by atoms with E-state index in [0.29, 0.717) is 62.5 Å². The minimum absolute atomic E-state index is 0. The van der Waals surface area contributed by atoms with Crippen LogP contribution >= 0.6 is 34.8 Å². The largest absolute Gasteiger partial charge is 1.00 e. The maximum Gasteiger partial charge on any atom is 1.00 e. The maximum atomic E-state index is 13.0. The molecule has 302 valence electrons. The van der Waals surface area contributed by atoms with Gasteiger partial charge in [0, 0.05) is 80.7 Å². The van der Waals surface area contributed by atoms with Crippen molar-refractivity contribution in [2.45, 2.75) is 52.9 Å². The third-order valence-electron chi connectivity index (χ3n) is 5.79. The Balaban J connectivity index is -0.000000616. The van der Waals surface area contributed by atoms with Gasteiger partial charge >= 0.3 is 29.6 Å². The Morgan fingerprint density at radius 2 is 1.44 bits per heavy atom. The molecule has 0 saturated heterocycles. The van der Waals surface area contributed by atoms with Crippen molar-refractivity contribution in [2.75, 3.05) is 39.5 Å². The molecule has 0 bridgehead atoms. The molecule has 5 heterocycles. The zero-order valence-corrected chi connectivity index (χ0v) is 35.6. The van der Waals surface area contributed by atoms with Gasteiger partial charge in [0.2, 0.25) is 0 Å². The first kappa shape index (κ1) is 54.5. The van der Waals surface area contributed by atoms with Crippen LogP contribution in [0.4, 0.5) is 17.6 Å². The van der Waals surface area contributed by atoms with Crippen LogP contribution in [0.5, 0.6) is 5.75 Å². The second kappa shape index (κ2) is 33.5. The first-order valence-corrected chi connectivity index (χ1v) is 17.5. The number of rotatable bonds is 8. The smallest absolute Gasteiger partial charge is 1.00 e. The SMILES string of the molecule is CC(C)NC(C)C.Fc1cncc2c1OCCNC2.Fc1cnccc1Cl.NCCO.O=Cc1cncc(F)c1Cl.OCCNCc1cncc(F)c1Cl.[H-].[Na+]. The van der Waals surface area contributed by atoms with Crippen molar-refractivity contribution in [3.05, 3.63) is 111 Å². The van der Waals surface area contributed by atoms with E-state index in [1.54, 1.807) is 6.20 Å². The molecule has 0 radical (unpaired) electrons. The topological polar surface area (TPSA) is 180 Å². The predicted molar refractivity (Wildman–Crippen MR) is 204 cm³/mol. The van der Waals surface area contributed by atoms with Gasteiger partial charge in [-0.2, -0.15) is 0 Å². The van der Waals surface area contributed by atoms with E-state index in [4.69, 9.17) is 55.5 Å². The Labute approximate surface area is 357 Å². The molecule has 0 unspecified atom stereocenters. The van der Waals surface area contributed by atoms with E-state index in [0.717, 1.165) is 30.7 Å². The number of hydrogen-bond donors (Lipinski definition) is 6. The zero-order valence-electron chi connectivity index (χ0n) is 32.3. The van der Waals surface area contributed by atoms with Crippen LogP contribution in [-0.4, -0.2) is 88.0 Å². The molecule has 7 N–H and O–H groups in total. The molecular formula is C35H48Cl3F4N8NaO4. The minimum atomic E-state index is -0.675. The third kappa shape index (κ3) is 25.3. The molecule has 5 rings (SSSR count). The number of aldehydes is 1. The maximum absolute atomic E-state index is 13.0. The van der Waals surface area contributed by atoms with Gasteiger partial charge in [0.1, 0.15) is 6.61 Å². The molecule has 0 saturated carbocycles. The van der Waals surface area contributed by atoms with Crippen LogP contribution in [0.3, 0.4) is 0 Å². The van der Waals surface area contributed by atoms with E-state index < -0.39 is 17.5 Å². The van der Waals surface area contributed by atoms with E-state index >= 15 is 0 Å². The number of nitrogens with one attached hydrogen (secondary N) is 3. The van der Waals surface area contributed by atoms with Crippen LogP contribution < -0.4 is 56.0 Å². The quantitative estimate of drug-likeness (QED) is 0.0662. The van der Waals surface area contributed by atoms with Crippen LogP contribution in [0, 0.1) is 23.3 Å². The standard InChI is InChI=1S/C8H10ClFN2O.C8H9FN2O.C6H3ClFNO.C6H15N.C5H3ClFN.C2H7NO.Na.H/c9-8-6(3-11-1-2-13)4-12-5-7(8)10;9-7-5-11-4-6-3-10-1-2-12-8(6)7;7-6-4(3-10)1-9-2-5(6)8;1-5(2)7-6(3)4;6-4-1-2-8-3-5(4)7;3-1-2-4;;/h4-5,11,13H,1-3H2;4-5,10H,1-3H2;1-3H;5-7H,1-4H3;1-3H;4H,1-3H2;;/q;;;;;;+1;-1. The molecule has 0 aliphatic carbocycles. The number of pyridine rings is 4. The molecule has 4 aromatic heterocycles. The average molecular weight is 850 g/mol. The minimum Gasteiger partial charge on any atom is -1.00 e. The van der Waals surface area contributed by atoms with Crippen molar-refractivity contribution in [3.8, 4) is 5.75 Å². The number of aliphatic hydroxyl groups excluding tert-OH is 2. The summed E-state index contributed by atoms with van der Waals surface area (Å²) in [6.07, 6.45) is 10.5. The molecule has 0 atom stereocenters. The van der Waals surface area contributed by atoms with Crippen molar-refractivity contribution in [2.24, 2.45) is 5.73 Å². The third-order valence-corrected chi connectivity index (χ3v) is 6.92. The van der Waals surface area contributed by atoms with Gasteiger partial charge in [-0.3, -0.25) is 24.7 Å². The number of aromatic nitrogens is 4. The summed E-state index contributed by atoms with van der Waals surface area (Å²) in [5, 5.41) is 25.5. The molecule has 1 aliphatic rings. The molecular weight excluding hydrogens is 802 g/mol. The number of fused-ring (bicyclic) bond motifs is 1. The molecule has 20 heteroatoms. The zero-order chi connectivity index (χ0) is 40.9. The Hall–Kier alpha value is -2.58. The molecule has 0 fully saturated rings. The Morgan fingerprint density at radius 1 is 0.873 bits per heavy atom. The van der Waals surface area contributed by atoms with Crippen LogP contribution in [-0.2, 0) is 13.1 Å². The van der Waals surface area contributed by atoms with Gasteiger partial charge in [-0.1, -0.05) is 62.5 Å². The summed E-state index contributed by atoms with van der Waals surface area (Å²) >= 11 is 16.3. The monoisotopic (exact) mass is 848 g/mol. The van der Waals surface area contributed by atoms with E-state index in [9.17, 15) is 22.4 Å². The summed E-state index contributed by atoms with van der Waals surface area (Å²) in [5.74, 6) is -1.71. The molecule has 12 nitrogen and oxygen atoms in total. The van der Waals surface area contributed by atoms with Crippen molar-refractivity contribution < 1.29 is 68.3 Å². The second-order valence-corrected chi connectivity index (χ2v) is 12.2. The van der Waals surface area contributed by atoms with Crippen molar-refractivity contribution in [3.63, 3.8) is 0 Å². The fourth-order valence-corrected chi connectivity index (χ4v) is 4.04. The normalized spacial score (nSPS) is 11.0. The summed E-state index contributed by atoms with van der Waals surface area (Å²) in [5.41, 5.74) is 6.23. The van der Waals surface area contributed by atoms with E-state index in [2.05, 4.69) is 63.6 Å². The molecule has 0 aromatic carbocycles. The van der Waals surface area contributed by atoms with Crippen LogP contribution in [0.25, 0.3) is 0 Å². The Morgan fingerprint density at radius 3 is 1.93 bits per heavy atom. The van der Waals surface area contributed by atoms with Crippen LogP contribution in [0.1, 0.15) is 50.6 Å². The number of carbonyl (C=O) groups is 1. The van der Waals surface area contributed by atoms with E-state index in [1.807, 2.05) is 0 Å². The fraction of sp³-hybridized carbons (Fsp3) is 0.400. The van der Waals surface area contributed by atoms with E-state index in [1.165, 1.54) is 30.9 Å². The first-order chi connectivity index (χ1) is 25.7. The summed E-state index contributed by atoms with van der Waals surface area (Å²) in [6.45, 7) is 11.9. The summed E-state index contributed by atoms with van der Waals surface area (Å²) in [4.78, 5) is 24.4. The molecule has 55 heavy (non-hydrogen) atoms. The molecule has 0 amide bonds. The molecule has 1 aliphatic heterocycles. The van der Waals surface area contributed by atoms with Crippen LogP contribution in [0.15, 0.2) is 55.6 Å². The van der Waals surface area contributed by atoms with Gasteiger partial charge in [0.15, 0.2) is 35.3 Å². The average Bonchev–Trinajstić information content (AvgIpc) is 3.40. The molecule has 4 aromatic rings. The second-order valence-electron chi connectivity index (χ2n) is 11.1. The number of nitrogens with zero attached hydrogens (tertiary/aromatic N) is 4. The van der Waals surface area contributed by atoms with Gasteiger partial charge in [-0.25, -0.2) is 17.6 Å². The Bertz CT molecular complexity index is 1600. The van der Waals surface area contributed by atoms with Gasteiger partial charge in [0.05, 0.1) is 58.6 Å². The predicted octanol–water partition coefficient (Wildman–Crippen LogP) is 2.67. The van der Waals surface area contributed by atoms with Gasteiger partial charge < -0.3 is 38.1 Å². The number of nitrogens with two attached hydrogens (primary N) is 1.